The molecule has 7 heteroatoms. The summed E-state index contributed by atoms with van der Waals surface area (Å²) in [5, 5.41) is 3.46. The van der Waals surface area contributed by atoms with E-state index in [1.807, 2.05) is 51.1 Å². The summed E-state index contributed by atoms with van der Waals surface area (Å²) in [7, 11) is 0. The number of likely N-dealkylation sites (N-methyl/N-ethyl adjacent to an activating group) is 1. The normalized spacial score (nSPS) is 12.1. The molecule has 0 fully saturated rings. The molecule has 1 aromatic carbocycles. The van der Waals surface area contributed by atoms with Crippen molar-refractivity contribution in [3.8, 4) is 0 Å². The topological polar surface area (TPSA) is 66.7 Å². The number of hydrogen-bond acceptors (Lipinski definition) is 4. The average Bonchev–Trinajstić information content (AvgIpc) is 3.05. The van der Waals surface area contributed by atoms with Gasteiger partial charge in [-0.1, -0.05) is 37.3 Å². The number of nitrogens with one attached hydrogen (secondary N) is 2. The van der Waals surface area contributed by atoms with Crippen molar-refractivity contribution in [1.29, 1.82) is 0 Å². The van der Waals surface area contributed by atoms with Gasteiger partial charge >= 0.3 is 0 Å². The molecule has 2 aromatic rings. The Bertz CT molecular complexity index is 798. The number of benzene rings is 1. The van der Waals surface area contributed by atoms with Gasteiger partial charge in [-0.3, -0.25) is 9.59 Å². The average molecular weight is 432 g/mol. The van der Waals surface area contributed by atoms with E-state index in [2.05, 4.69) is 24.1 Å². The van der Waals surface area contributed by atoms with Crippen molar-refractivity contribution in [3.63, 3.8) is 0 Å². The van der Waals surface area contributed by atoms with Gasteiger partial charge in [0, 0.05) is 4.88 Å². The van der Waals surface area contributed by atoms with Crippen LogP contribution in [0.15, 0.2) is 30.3 Å². The van der Waals surface area contributed by atoms with E-state index in [0.29, 0.717) is 18.1 Å². The van der Waals surface area contributed by atoms with E-state index in [-0.39, 0.29) is 24.3 Å². The molecule has 0 saturated carbocycles. The molecule has 2 rings (SSSR count). The number of carbonyl (C=O) groups is 2. The Morgan fingerprint density at radius 1 is 1.13 bits per heavy atom. The maximum Gasteiger partial charge on any atom is 0.245 e. The Morgan fingerprint density at radius 2 is 1.80 bits per heavy atom. The molecular weight excluding hydrogens is 396 g/mol. The maximum absolute atomic E-state index is 13.4. The van der Waals surface area contributed by atoms with Gasteiger partial charge in [0.15, 0.2) is 5.13 Å². The van der Waals surface area contributed by atoms with Crippen LogP contribution in [0.3, 0.4) is 0 Å². The second-order valence-corrected chi connectivity index (χ2v) is 8.75. The Labute approximate surface area is 184 Å². The van der Waals surface area contributed by atoms with Crippen molar-refractivity contribution < 1.29 is 14.5 Å². The van der Waals surface area contributed by atoms with Crippen molar-refractivity contribution >= 4 is 28.3 Å². The highest BCUT2D eigenvalue weighted by Crippen LogP contribution is 2.23. The fraction of sp³-hybridized carbons (Fsp3) is 0.522. The van der Waals surface area contributed by atoms with Crippen LogP contribution in [-0.4, -0.2) is 54.4 Å². The molecule has 6 nitrogen and oxygen atoms in total. The lowest BCUT2D eigenvalue weighted by Crippen LogP contribution is -3.12. The molecule has 1 heterocycles. The van der Waals surface area contributed by atoms with Crippen LogP contribution in [0, 0.1) is 13.8 Å². The van der Waals surface area contributed by atoms with Crippen LogP contribution < -0.4 is 10.2 Å². The number of carbonyl (C=O) groups excluding carboxylic acids is 2. The number of rotatable bonds is 11. The summed E-state index contributed by atoms with van der Waals surface area (Å²) in [6.07, 6.45) is 0.698. The zero-order valence-electron chi connectivity index (χ0n) is 18.8. The Morgan fingerprint density at radius 3 is 2.33 bits per heavy atom. The lowest BCUT2D eigenvalue weighted by molar-refractivity contribution is -0.895. The van der Waals surface area contributed by atoms with Crippen molar-refractivity contribution in [2.45, 2.75) is 47.0 Å². The minimum Gasteiger partial charge on any atom is -0.334 e. The summed E-state index contributed by atoms with van der Waals surface area (Å²) in [5.74, 6) is -0.429. The third-order valence-corrected chi connectivity index (χ3v) is 6.55. The first-order chi connectivity index (χ1) is 14.4. The first kappa shape index (κ1) is 24.0. The number of amides is 2. The Balaban J connectivity index is 2.15. The second-order valence-electron chi connectivity index (χ2n) is 7.55. The highest BCUT2D eigenvalue weighted by Gasteiger charge is 2.27. The van der Waals surface area contributed by atoms with Crippen LogP contribution in [0.1, 0.15) is 49.2 Å². The van der Waals surface area contributed by atoms with E-state index in [4.69, 9.17) is 0 Å². The van der Waals surface area contributed by atoms with E-state index in [0.717, 1.165) is 35.8 Å². The first-order valence-corrected chi connectivity index (χ1v) is 11.6. The van der Waals surface area contributed by atoms with E-state index < -0.39 is 0 Å². The molecule has 0 radical (unpaired) electrons. The van der Waals surface area contributed by atoms with Gasteiger partial charge in [0.1, 0.15) is 6.54 Å². The minimum absolute atomic E-state index is 0.0110. The largest absolute Gasteiger partial charge is 0.334 e. The second kappa shape index (κ2) is 11.8. The number of quaternary nitrogens is 1. The molecule has 2 amide bonds. The predicted octanol–water partition coefficient (Wildman–Crippen LogP) is 2.65. The molecule has 30 heavy (non-hydrogen) atoms. The van der Waals surface area contributed by atoms with Crippen molar-refractivity contribution in [2.75, 3.05) is 38.0 Å². The maximum atomic E-state index is 13.4. The van der Waals surface area contributed by atoms with E-state index in [9.17, 15) is 9.59 Å². The summed E-state index contributed by atoms with van der Waals surface area (Å²) in [6.45, 7) is 13.6. The lowest BCUT2D eigenvalue weighted by Gasteiger charge is -2.28. The number of anilines is 1. The number of aromatic nitrogens is 1. The number of aryl methyl sites for hydroxylation is 2. The standard InChI is InChI=1S/C23H34N4O2S/c1-6-20(19-12-10-9-11-13-19)22(29)27(15-14-26(7-2)8-3)16-21(28)25-23-24-17(4)18(5)30-23/h9-13,20H,6-8,14-16H2,1-5H3,(H,24,25,28)/p+1/t20-/m1/s1. The van der Waals surface area contributed by atoms with E-state index >= 15 is 0 Å². The zero-order valence-corrected chi connectivity index (χ0v) is 19.6. The van der Waals surface area contributed by atoms with E-state index in [1.54, 1.807) is 4.90 Å². The van der Waals surface area contributed by atoms with Crippen LogP contribution in [0.4, 0.5) is 5.13 Å². The van der Waals surface area contributed by atoms with Crippen LogP contribution >= 0.6 is 11.3 Å². The highest BCUT2D eigenvalue weighted by atomic mass is 32.1. The molecule has 2 N–H and O–H groups in total. The molecule has 0 bridgehead atoms. The minimum atomic E-state index is -0.241. The molecule has 1 atom stereocenters. The molecule has 0 aliphatic rings. The van der Waals surface area contributed by atoms with Gasteiger partial charge in [-0.15, -0.1) is 11.3 Å². The number of thiazole rings is 1. The van der Waals surface area contributed by atoms with Crippen LogP contribution in [0.25, 0.3) is 0 Å². The van der Waals surface area contributed by atoms with Gasteiger partial charge in [-0.2, -0.15) is 0 Å². The monoisotopic (exact) mass is 431 g/mol. The number of nitrogens with zero attached hydrogens (tertiary/aromatic N) is 2. The third-order valence-electron chi connectivity index (χ3n) is 5.56. The van der Waals surface area contributed by atoms with Crippen LogP contribution in [0.5, 0.6) is 0 Å². The van der Waals surface area contributed by atoms with Crippen LogP contribution in [0.2, 0.25) is 0 Å². The molecule has 164 valence electrons. The van der Waals surface area contributed by atoms with Gasteiger partial charge in [0.25, 0.3) is 0 Å². The highest BCUT2D eigenvalue weighted by molar-refractivity contribution is 7.15. The van der Waals surface area contributed by atoms with Crippen LogP contribution in [-0.2, 0) is 9.59 Å². The van der Waals surface area contributed by atoms with Crippen molar-refractivity contribution in [1.82, 2.24) is 9.88 Å². The van der Waals surface area contributed by atoms with Gasteiger partial charge < -0.3 is 15.1 Å². The zero-order chi connectivity index (χ0) is 22.1. The SMILES string of the molecule is CC[C@@H](C(=O)N(CC[NH+](CC)CC)CC(=O)Nc1nc(C)c(C)s1)c1ccccc1. The van der Waals surface area contributed by atoms with Gasteiger partial charge in [0.05, 0.1) is 37.8 Å². The molecule has 0 aliphatic heterocycles. The van der Waals surface area contributed by atoms with Crippen molar-refractivity contribution in [2.24, 2.45) is 0 Å². The summed E-state index contributed by atoms with van der Waals surface area (Å²) in [6, 6.07) is 9.83. The quantitative estimate of drug-likeness (QED) is 0.575. The Hall–Kier alpha value is -2.25. The summed E-state index contributed by atoms with van der Waals surface area (Å²) >= 11 is 1.46. The summed E-state index contributed by atoms with van der Waals surface area (Å²) in [5.41, 5.74) is 1.92. The van der Waals surface area contributed by atoms with Gasteiger partial charge in [-0.05, 0) is 39.7 Å². The van der Waals surface area contributed by atoms with Gasteiger partial charge in [-0.25, -0.2) is 4.98 Å². The fourth-order valence-corrected chi connectivity index (χ4v) is 4.31. The van der Waals surface area contributed by atoms with Gasteiger partial charge in [0.2, 0.25) is 11.8 Å². The summed E-state index contributed by atoms with van der Waals surface area (Å²) < 4.78 is 0. The fourth-order valence-electron chi connectivity index (χ4n) is 3.48. The molecule has 0 aliphatic carbocycles. The number of hydrogen-bond donors (Lipinski definition) is 2. The molecule has 0 spiro atoms. The molecular formula is C23H35N4O2S+. The summed E-state index contributed by atoms with van der Waals surface area (Å²) in [4.78, 5) is 34.8. The molecule has 0 unspecified atom stereocenters. The van der Waals surface area contributed by atoms with E-state index in [1.165, 1.54) is 16.2 Å². The van der Waals surface area contributed by atoms with Crippen molar-refractivity contribution in [3.05, 3.63) is 46.5 Å². The predicted molar refractivity (Wildman–Crippen MR) is 123 cm³/mol. The third kappa shape index (κ3) is 6.64. The molecule has 0 saturated heterocycles. The lowest BCUT2D eigenvalue weighted by atomic mass is 9.95. The smallest absolute Gasteiger partial charge is 0.245 e. The molecule has 1 aromatic heterocycles. The Kier molecular flexibility index (Phi) is 9.46. The first-order valence-electron chi connectivity index (χ1n) is 10.8.